The Balaban J connectivity index is 1.68. The lowest BCUT2D eigenvalue weighted by atomic mass is 10.2. The Morgan fingerprint density at radius 1 is 1.26 bits per heavy atom. The molecule has 0 fully saturated rings. The maximum absolute atomic E-state index is 6.14. The molecule has 1 aromatic carbocycles. The first kappa shape index (κ1) is 18.3. The van der Waals surface area contributed by atoms with Crippen LogP contribution in [0.4, 0.5) is 5.82 Å². The van der Waals surface area contributed by atoms with Crippen LogP contribution in [-0.2, 0) is 5.75 Å². The van der Waals surface area contributed by atoms with E-state index in [1.807, 2.05) is 37.3 Å². The van der Waals surface area contributed by atoms with Crippen molar-refractivity contribution in [2.45, 2.75) is 12.7 Å². The molecular weight excluding hydrogens is 369 g/mol. The fourth-order valence-corrected chi connectivity index (χ4v) is 3.65. The summed E-state index contributed by atoms with van der Waals surface area (Å²) in [5.41, 5.74) is 2.11. The van der Waals surface area contributed by atoms with Crippen LogP contribution in [0.15, 0.2) is 36.5 Å². The van der Waals surface area contributed by atoms with Crippen LogP contribution in [0.3, 0.4) is 0 Å². The third-order valence-electron chi connectivity index (χ3n) is 3.00. The molecule has 0 aliphatic heterocycles. The van der Waals surface area contributed by atoms with E-state index < -0.39 is 0 Å². The number of hydrogen-bond acceptors (Lipinski definition) is 3. The minimum atomic E-state index is 0.569. The predicted octanol–water partition coefficient (Wildman–Crippen LogP) is 4.92. The zero-order valence-electron chi connectivity index (χ0n) is 12.6. The van der Waals surface area contributed by atoms with Gasteiger partial charge in [0, 0.05) is 34.3 Å². The predicted molar refractivity (Wildman–Crippen MR) is 106 cm³/mol. The lowest BCUT2D eigenvalue weighted by Crippen LogP contribution is -2.30. The van der Waals surface area contributed by atoms with Gasteiger partial charge in [-0.15, -0.1) is 0 Å². The highest BCUT2D eigenvalue weighted by Gasteiger charge is 2.05. The van der Waals surface area contributed by atoms with E-state index in [-0.39, 0.29) is 0 Å². The number of anilines is 1. The Kier molecular flexibility index (Phi) is 7.43. The summed E-state index contributed by atoms with van der Waals surface area (Å²) in [5.74, 6) is 2.42. The summed E-state index contributed by atoms with van der Waals surface area (Å²) in [6.45, 7) is 2.77. The molecule has 2 rings (SSSR count). The van der Waals surface area contributed by atoms with Crippen molar-refractivity contribution in [3.63, 3.8) is 0 Å². The van der Waals surface area contributed by atoms with Crippen LogP contribution < -0.4 is 10.6 Å². The van der Waals surface area contributed by atoms with E-state index in [9.17, 15) is 0 Å². The van der Waals surface area contributed by atoms with Gasteiger partial charge in [0.15, 0.2) is 5.11 Å². The number of nitrogens with one attached hydrogen (secondary N) is 2. The Morgan fingerprint density at radius 3 is 2.70 bits per heavy atom. The molecule has 0 bridgehead atoms. The summed E-state index contributed by atoms with van der Waals surface area (Å²) in [4.78, 5) is 4.21. The average molecular weight is 386 g/mol. The SMILES string of the molecule is Cc1ccnc(NC(=S)NCCSCc2c(Cl)cccc2Cl)c1. The Morgan fingerprint density at radius 2 is 2.00 bits per heavy atom. The van der Waals surface area contributed by atoms with Crippen molar-refractivity contribution in [3.05, 3.63) is 57.7 Å². The fraction of sp³-hybridized carbons (Fsp3) is 0.250. The number of rotatable bonds is 6. The summed E-state index contributed by atoms with van der Waals surface area (Å²) in [6, 6.07) is 9.45. The van der Waals surface area contributed by atoms with Gasteiger partial charge in [0.2, 0.25) is 0 Å². The second-order valence-corrected chi connectivity index (χ2v) is 7.18. The molecule has 0 spiro atoms. The molecule has 0 aliphatic carbocycles. The molecule has 3 nitrogen and oxygen atoms in total. The molecule has 0 saturated carbocycles. The summed E-state index contributed by atoms with van der Waals surface area (Å²) in [5, 5.41) is 8.21. The monoisotopic (exact) mass is 385 g/mol. The molecule has 2 aromatic rings. The van der Waals surface area contributed by atoms with Gasteiger partial charge in [0.1, 0.15) is 5.82 Å². The average Bonchev–Trinajstić information content (AvgIpc) is 2.49. The topological polar surface area (TPSA) is 37.0 Å². The third kappa shape index (κ3) is 6.18. The van der Waals surface area contributed by atoms with E-state index in [1.165, 1.54) is 0 Å². The van der Waals surface area contributed by atoms with Crippen LogP contribution >= 0.6 is 47.2 Å². The lowest BCUT2D eigenvalue weighted by molar-refractivity contribution is 0.988. The first-order valence-corrected chi connectivity index (χ1v) is 9.36. The molecule has 0 atom stereocenters. The van der Waals surface area contributed by atoms with Crippen LogP contribution in [0.1, 0.15) is 11.1 Å². The maximum Gasteiger partial charge on any atom is 0.171 e. The number of nitrogens with zero attached hydrogens (tertiary/aromatic N) is 1. The first-order valence-electron chi connectivity index (χ1n) is 7.04. The number of thioether (sulfide) groups is 1. The first-order chi connectivity index (χ1) is 11.1. The van der Waals surface area contributed by atoms with E-state index >= 15 is 0 Å². The number of pyridine rings is 1. The molecule has 122 valence electrons. The number of halogens is 2. The van der Waals surface area contributed by atoms with Gasteiger partial charge in [-0.3, -0.25) is 0 Å². The van der Waals surface area contributed by atoms with Crippen molar-refractivity contribution in [2.24, 2.45) is 0 Å². The van der Waals surface area contributed by atoms with Crippen LogP contribution in [0.5, 0.6) is 0 Å². The van der Waals surface area contributed by atoms with Gasteiger partial charge in [0.25, 0.3) is 0 Å². The highest BCUT2D eigenvalue weighted by atomic mass is 35.5. The van der Waals surface area contributed by atoms with Gasteiger partial charge in [-0.2, -0.15) is 11.8 Å². The van der Waals surface area contributed by atoms with Crippen molar-refractivity contribution < 1.29 is 0 Å². The van der Waals surface area contributed by atoms with Gasteiger partial charge >= 0.3 is 0 Å². The van der Waals surface area contributed by atoms with Crippen molar-refractivity contribution in [1.82, 2.24) is 10.3 Å². The maximum atomic E-state index is 6.14. The van der Waals surface area contributed by atoms with Gasteiger partial charge in [-0.05, 0) is 54.5 Å². The van der Waals surface area contributed by atoms with Gasteiger partial charge in [-0.1, -0.05) is 29.3 Å². The second-order valence-electron chi connectivity index (χ2n) is 4.85. The number of thiocarbonyl (C=S) groups is 1. The van der Waals surface area contributed by atoms with Crippen LogP contribution in [0, 0.1) is 6.92 Å². The normalized spacial score (nSPS) is 10.4. The quantitative estimate of drug-likeness (QED) is 0.545. The number of benzene rings is 1. The summed E-state index contributed by atoms with van der Waals surface area (Å²) >= 11 is 19.3. The summed E-state index contributed by atoms with van der Waals surface area (Å²) < 4.78 is 0. The molecule has 23 heavy (non-hydrogen) atoms. The number of aryl methyl sites for hydroxylation is 1. The molecule has 0 saturated heterocycles. The zero-order valence-corrected chi connectivity index (χ0v) is 15.7. The number of aromatic nitrogens is 1. The van der Waals surface area contributed by atoms with E-state index in [4.69, 9.17) is 35.4 Å². The van der Waals surface area contributed by atoms with E-state index in [2.05, 4.69) is 15.6 Å². The number of hydrogen-bond donors (Lipinski definition) is 2. The molecule has 0 radical (unpaired) electrons. The molecule has 1 heterocycles. The van der Waals surface area contributed by atoms with Crippen molar-refractivity contribution in [1.29, 1.82) is 0 Å². The smallest absolute Gasteiger partial charge is 0.171 e. The van der Waals surface area contributed by atoms with Crippen molar-refractivity contribution >= 4 is 58.1 Å². The minimum absolute atomic E-state index is 0.569. The Labute approximate surface area is 156 Å². The van der Waals surface area contributed by atoms with Crippen LogP contribution in [0.2, 0.25) is 10.0 Å². The van der Waals surface area contributed by atoms with Crippen molar-refractivity contribution in [3.8, 4) is 0 Å². The third-order valence-corrected chi connectivity index (χ3v) is 4.94. The highest BCUT2D eigenvalue weighted by molar-refractivity contribution is 7.98. The molecule has 0 aliphatic rings. The second kappa shape index (κ2) is 9.33. The van der Waals surface area contributed by atoms with Gasteiger partial charge < -0.3 is 10.6 Å². The molecule has 1 aromatic heterocycles. The van der Waals surface area contributed by atoms with E-state index in [0.717, 1.165) is 35.0 Å². The summed E-state index contributed by atoms with van der Waals surface area (Å²) in [7, 11) is 0. The molecular formula is C16H17Cl2N3S2. The van der Waals surface area contributed by atoms with Gasteiger partial charge in [-0.25, -0.2) is 4.98 Å². The molecule has 0 unspecified atom stereocenters. The Bertz CT molecular complexity index is 660. The highest BCUT2D eigenvalue weighted by Crippen LogP contribution is 2.27. The Hall–Kier alpha value is -1.01. The molecule has 7 heteroatoms. The summed E-state index contributed by atoms with van der Waals surface area (Å²) in [6.07, 6.45) is 1.75. The largest absolute Gasteiger partial charge is 0.362 e. The zero-order chi connectivity index (χ0) is 16.7. The van der Waals surface area contributed by atoms with E-state index in [1.54, 1.807) is 18.0 Å². The molecule has 2 N–H and O–H groups in total. The van der Waals surface area contributed by atoms with Crippen molar-refractivity contribution in [2.75, 3.05) is 17.6 Å². The standard InChI is InChI=1S/C16H17Cl2N3S2/c1-11-5-6-19-15(9-11)21-16(22)20-7-8-23-10-12-13(17)3-2-4-14(12)18/h2-6,9H,7-8,10H2,1H3,(H2,19,20,21,22). The van der Waals surface area contributed by atoms with Crippen LogP contribution in [0.25, 0.3) is 0 Å². The van der Waals surface area contributed by atoms with Crippen LogP contribution in [-0.4, -0.2) is 22.4 Å². The fourth-order valence-electron chi connectivity index (χ4n) is 1.85. The van der Waals surface area contributed by atoms with Gasteiger partial charge in [0.05, 0.1) is 0 Å². The lowest BCUT2D eigenvalue weighted by Gasteiger charge is -2.10. The molecule has 0 amide bonds. The van der Waals surface area contributed by atoms with E-state index in [0.29, 0.717) is 15.2 Å². The minimum Gasteiger partial charge on any atom is -0.362 e.